The highest BCUT2D eigenvalue weighted by molar-refractivity contribution is 9.10. The van der Waals surface area contributed by atoms with Gasteiger partial charge >= 0.3 is 0 Å². The Morgan fingerprint density at radius 2 is 0.894 bits per heavy atom. The van der Waals surface area contributed by atoms with Crippen LogP contribution < -0.4 is 31.7 Å². The van der Waals surface area contributed by atoms with E-state index in [4.69, 9.17) is 0 Å². The number of aromatic amines is 2. The first kappa shape index (κ1) is 31.0. The normalized spacial score (nSPS) is 13.1. The molecule has 7 aromatic rings. The average molecular weight is 762 g/mol. The zero-order valence-electron chi connectivity index (χ0n) is 22.6. The summed E-state index contributed by atoms with van der Waals surface area (Å²) < 4.78 is 103. The summed E-state index contributed by atoms with van der Waals surface area (Å²) in [6, 6.07) is 11.3. The molecule has 19 heteroatoms. The van der Waals surface area contributed by atoms with Gasteiger partial charge < -0.3 is 0 Å². The predicted molar refractivity (Wildman–Crippen MR) is 169 cm³/mol. The van der Waals surface area contributed by atoms with Crippen LogP contribution in [0.5, 0.6) is 0 Å². The van der Waals surface area contributed by atoms with Gasteiger partial charge in [0.15, 0.2) is 10.9 Å². The van der Waals surface area contributed by atoms with Crippen LogP contribution in [0.4, 0.5) is 0 Å². The van der Waals surface area contributed by atoms with Crippen molar-refractivity contribution < 1.29 is 48.9 Å². The van der Waals surface area contributed by atoms with Crippen molar-refractivity contribution in [1.29, 1.82) is 0 Å². The lowest BCUT2D eigenvalue weighted by atomic mass is 9.99. The summed E-state index contributed by atoms with van der Waals surface area (Å²) in [5, 5.41) is -2.94. The first-order valence-electron chi connectivity index (χ1n) is 12.8. The Hall–Kier alpha value is -4.63. The van der Waals surface area contributed by atoms with Gasteiger partial charge in [-0.05, 0) is 28.1 Å². The van der Waals surface area contributed by atoms with E-state index in [0.29, 0.717) is 0 Å². The molecule has 236 valence electrons. The molecule has 7 rings (SSSR count). The maximum atomic E-state index is 14.2. The molecule has 47 heavy (non-hydrogen) atoms. The smallest absolute Gasteiger partial charge is 0.289 e. The SMILES string of the molecule is O=c1c2ccccc2c(=O)c2c1ccc1[nH+]c3c(ccc4c(=O)c5c(Br)c(S(=O)(=O)O)c(S(=O)(=O)O)c(S(=O)(=O)O)c5c(=O)c43)[nH+]c12. The highest BCUT2D eigenvalue weighted by atomic mass is 79.9. The van der Waals surface area contributed by atoms with Crippen molar-refractivity contribution in [1.82, 2.24) is 0 Å². The number of fused-ring (bicyclic) bond motifs is 8. The number of hydrogen-bond donors (Lipinski definition) is 3. The van der Waals surface area contributed by atoms with E-state index in [2.05, 4.69) is 25.9 Å². The van der Waals surface area contributed by atoms with Gasteiger partial charge in [0.2, 0.25) is 10.9 Å². The van der Waals surface area contributed by atoms with E-state index in [-0.39, 0.29) is 43.6 Å². The molecule has 1 heterocycles. The lowest BCUT2D eigenvalue weighted by Crippen LogP contribution is -2.25. The van der Waals surface area contributed by atoms with Crippen LogP contribution in [-0.2, 0) is 30.4 Å². The van der Waals surface area contributed by atoms with Gasteiger partial charge in [0.1, 0.15) is 25.5 Å². The maximum absolute atomic E-state index is 14.2. The summed E-state index contributed by atoms with van der Waals surface area (Å²) >= 11 is 2.67. The summed E-state index contributed by atoms with van der Waals surface area (Å²) in [6.45, 7) is 0. The standard InChI is InChI=1S/C28H11BrN2O13S3/c29-19-17-18(26(45(36,37)38)28(47(42,43)44)27(19)46(39,40)41)25(35)16-12(24(17)34)6-8-14-21(16)31-13-7-5-11-15(20(13)30-14)23(33)10-4-2-1-3-9(10)22(11)32/h1-8H,(H,36,37,38)(H,39,40,41)(H,42,43,44)/p+2. The van der Waals surface area contributed by atoms with Crippen LogP contribution in [0.3, 0.4) is 0 Å². The average Bonchev–Trinajstić information content (AvgIpc) is 2.98. The first-order chi connectivity index (χ1) is 21.8. The molecule has 1 aromatic heterocycles. The van der Waals surface area contributed by atoms with Gasteiger partial charge in [-0.15, -0.1) is 0 Å². The van der Waals surface area contributed by atoms with E-state index in [1.54, 1.807) is 12.1 Å². The molecule has 0 saturated heterocycles. The molecule has 0 atom stereocenters. The first-order valence-corrected chi connectivity index (χ1v) is 17.9. The Bertz CT molecular complexity index is 3250. The molecule has 6 aromatic carbocycles. The fourth-order valence-corrected chi connectivity index (χ4v) is 10.8. The van der Waals surface area contributed by atoms with Gasteiger partial charge in [-0.25, -0.2) is 0 Å². The highest BCUT2D eigenvalue weighted by Crippen LogP contribution is 2.40. The van der Waals surface area contributed by atoms with Gasteiger partial charge in [0.05, 0.1) is 15.2 Å². The van der Waals surface area contributed by atoms with Crippen molar-refractivity contribution in [2.75, 3.05) is 0 Å². The van der Waals surface area contributed by atoms with Crippen molar-refractivity contribution in [3.63, 3.8) is 0 Å². The summed E-state index contributed by atoms with van der Waals surface area (Å²) in [7, 11) is -17.7. The molecule has 0 unspecified atom stereocenters. The summed E-state index contributed by atoms with van der Waals surface area (Å²) in [5.41, 5.74) is -3.45. The van der Waals surface area contributed by atoms with Crippen LogP contribution in [0.2, 0.25) is 0 Å². The zero-order valence-corrected chi connectivity index (χ0v) is 26.7. The molecule has 0 aliphatic rings. The van der Waals surface area contributed by atoms with Crippen molar-refractivity contribution >= 4 is 111 Å². The summed E-state index contributed by atoms with van der Waals surface area (Å²) in [6.07, 6.45) is 0. The fourth-order valence-electron chi connectivity index (χ4n) is 6.01. The molecular weight excluding hydrogens is 748 g/mol. The molecule has 0 radical (unpaired) electrons. The molecule has 5 N–H and O–H groups in total. The number of hydrogen-bond acceptors (Lipinski definition) is 10. The third kappa shape index (κ3) is 4.28. The third-order valence-corrected chi connectivity index (χ3v) is 11.9. The third-order valence-electron chi connectivity index (χ3n) is 7.83. The molecule has 0 aliphatic carbocycles. The van der Waals surface area contributed by atoms with Gasteiger partial charge in [-0.1, -0.05) is 24.3 Å². The lowest BCUT2D eigenvalue weighted by molar-refractivity contribution is -0.359. The maximum Gasteiger partial charge on any atom is 0.297 e. The minimum atomic E-state index is -5.96. The van der Waals surface area contributed by atoms with Crippen molar-refractivity contribution in [3.05, 3.63) is 93.9 Å². The minimum Gasteiger partial charge on any atom is -0.289 e. The van der Waals surface area contributed by atoms with E-state index in [1.807, 2.05) is 0 Å². The van der Waals surface area contributed by atoms with Crippen LogP contribution in [-0.4, -0.2) is 38.9 Å². The molecule has 15 nitrogen and oxygen atoms in total. The van der Waals surface area contributed by atoms with E-state index in [9.17, 15) is 58.1 Å². The Morgan fingerprint density at radius 1 is 0.468 bits per heavy atom. The number of H-pyrrole nitrogens is 2. The molecule has 0 bridgehead atoms. The second-order valence-corrected chi connectivity index (χ2v) is 15.3. The Balaban J connectivity index is 1.77. The molecule has 0 amide bonds. The van der Waals surface area contributed by atoms with Gasteiger partial charge in [0.25, 0.3) is 52.4 Å². The quantitative estimate of drug-likeness (QED) is 0.129. The number of aromatic nitrogens is 2. The molecule has 0 aliphatic heterocycles. The molecular formula is C28H13BrN2O13S3+2. The summed E-state index contributed by atoms with van der Waals surface area (Å²) in [5.74, 6) is 0. The van der Waals surface area contributed by atoms with Gasteiger partial charge in [-0.2, -0.15) is 35.2 Å². The van der Waals surface area contributed by atoms with Crippen LogP contribution in [0.1, 0.15) is 0 Å². The summed E-state index contributed by atoms with van der Waals surface area (Å²) in [4.78, 5) is 54.8. The van der Waals surface area contributed by atoms with Crippen molar-refractivity contribution in [3.8, 4) is 0 Å². The van der Waals surface area contributed by atoms with E-state index in [1.165, 1.54) is 30.3 Å². The predicted octanol–water partition coefficient (Wildman–Crippen LogP) is 1.05. The Morgan fingerprint density at radius 3 is 1.38 bits per heavy atom. The molecule has 0 saturated carbocycles. The van der Waals surface area contributed by atoms with Crippen LogP contribution in [0.25, 0.3) is 65.2 Å². The van der Waals surface area contributed by atoms with Crippen LogP contribution >= 0.6 is 15.9 Å². The Kier molecular flexibility index (Phi) is 6.40. The van der Waals surface area contributed by atoms with Crippen molar-refractivity contribution in [2.45, 2.75) is 14.7 Å². The number of halogens is 1. The topological polar surface area (TPSA) is 260 Å². The number of benzene rings is 6. The van der Waals surface area contributed by atoms with Crippen LogP contribution in [0, 0.1) is 0 Å². The van der Waals surface area contributed by atoms with Crippen LogP contribution in [0.15, 0.2) is 86.9 Å². The fraction of sp³-hybridized carbons (Fsp3) is 0. The van der Waals surface area contributed by atoms with E-state index in [0.717, 1.165) is 6.07 Å². The van der Waals surface area contributed by atoms with Gasteiger partial charge in [0, 0.05) is 33.7 Å². The number of rotatable bonds is 3. The zero-order chi connectivity index (χ0) is 34.1. The minimum absolute atomic E-state index is 0.00273. The van der Waals surface area contributed by atoms with Gasteiger partial charge in [-0.3, -0.25) is 32.8 Å². The van der Waals surface area contributed by atoms with E-state index < -0.39 is 92.8 Å². The molecule has 0 fully saturated rings. The van der Waals surface area contributed by atoms with Crippen molar-refractivity contribution in [2.24, 2.45) is 0 Å². The number of nitrogens with one attached hydrogen (secondary N) is 2. The second-order valence-electron chi connectivity index (χ2n) is 10.4. The largest absolute Gasteiger partial charge is 0.297 e. The second kappa shape index (κ2) is 9.70. The Labute approximate surface area is 267 Å². The molecule has 0 spiro atoms. The monoisotopic (exact) mass is 760 g/mol. The lowest BCUT2D eigenvalue weighted by Gasteiger charge is -2.14. The highest BCUT2D eigenvalue weighted by Gasteiger charge is 2.40. The van der Waals surface area contributed by atoms with E-state index >= 15 is 0 Å².